The molecule has 5 nitrogen and oxygen atoms in total. The minimum Gasteiger partial charge on any atom is -0.348 e. The number of fused-ring (bicyclic) bond motifs is 1. The average Bonchev–Trinajstić information content (AvgIpc) is 2.90. The number of hydrogen-bond donors (Lipinski definition) is 1. The molecule has 0 unspecified atom stereocenters. The van der Waals surface area contributed by atoms with Crippen molar-refractivity contribution < 1.29 is 4.79 Å². The van der Waals surface area contributed by atoms with Gasteiger partial charge in [0.25, 0.3) is 5.91 Å². The molecule has 1 amide bonds. The molecule has 2 heterocycles. The molecule has 0 saturated carbocycles. The standard InChI is InChI=1S/C28H28N4OS/c1-20(21-7-3-2-4-8-21)30-28-29-16-13-26(31-28)32(25-14-17-34-18-15-25)27(33)24-12-11-22-9-5-6-10-23(22)19-24/h2-13,16,19-20,25H,14-15,17-18H2,1H3,(H,29,30,31)/t20-/m0/s1. The zero-order valence-electron chi connectivity index (χ0n) is 19.2. The molecule has 6 heteroatoms. The number of rotatable bonds is 6. The van der Waals surface area contributed by atoms with Crippen molar-refractivity contribution in [1.29, 1.82) is 0 Å². The second kappa shape index (κ2) is 10.3. The fourth-order valence-electron chi connectivity index (χ4n) is 4.43. The summed E-state index contributed by atoms with van der Waals surface area (Å²) in [5, 5.41) is 5.59. The molecule has 1 N–H and O–H groups in total. The van der Waals surface area contributed by atoms with E-state index in [1.165, 1.54) is 0 Å². The fourth-order valence-corrected chi connectivity index (χ4v) is 5.51. The van der Waals surface area contributed by atoms with E-state index in [1.54, 1.807) is 6.20 Å². The van der Waals surface area contributed by atoms with E-state index in [0.29, 0.717) is 17.3 Å². The maximum atomic E-state index is 13.9. The number of anilines is 2. The Morgan fingerprint density at radius 3 is 2.50 bits per heavy atom. The van der Waals surface area contributed by atoms with Gasteiger partial charge in [-0.1, -0.05) is 60.7 Å². The SMILES string of the molecule is C[C@H](Nc1nccc(N(C(=O)c2ccc3ccccc3c2)C2CCSCC2)n1)c1ccccc1. The average molecular weight is 469 g/mol. The number of aromatic nitrogens is 2. The maximum absolute atomic E-state index is 13.9. The molecule has 0 spiro atoms. The van der Waals surface area contributed by atoms with Crippen LogP contribution in [0.1, 0.15) is 41.7 Å². The first-order chi connectivity index (χ1) is 16.7. The Bertz CT molecular complexity index is 1270. The van der Waals surface area contributed by atoms with Gasteiger partial charge in [-0.05, 0) is 65.8 Å². The largest absolute Gasteiger partial charge is 0.348 e. The summed E-state index contributed by atoms with van der Waals surface area (Å²) < 4.78 is 0. The first-order valence-electron chi connectivity index (χ1n) is 11.7. The number of carbonyl (C=O) groups is 1. The zero-order valence-corrected chi connectivity index (χ0v) is 20.0. The molecule has 1 fully saturated rings. The van der Waals surface area contributed by atoms with E-state index in [1.807, 2.05) is 77.3 Å². The molecule has 0 radical (unpaired) electrons. The van der Waals surface area contributed by atoms with Gasteiger partial charge in [0.1, 0.15) is 5.82 Å². The Hall–Kier alpha value is -3.38. The second-order valence-electron chi connectivity index (χ2n) is 8.60. The van der Waals surface area contributed by atoms with Crippen LogP contribution in [-0.4, -0.2) is 33.4 Å². The van der Waals surface area contributed by atoms with Gasteiger partial charge in [-0.3, -0.25) is 9.69 Å². The zero-order chi connectivity index (χ0) is 23.3. The van der Waals surface area contributed by atoms with Gasteiger partial charge in [0.05, 0.1) is 6.04 Å². The van der Waals surface area contributed by atoms with Crippen LogP contribution in [0.4, 0.5) is 11.8 Å². The number of carbonyl (C=O) groups excluding carboxylic acids is 1. The second-order valence-corrected chi connectivity index (χ2v) is 9.82. The summed E-state index contributed by atoms with van der Waals surface area (Å²) >= 11 is 1.95. The van der Waals surface area contributed by atoms with Crippen molar-refractivity contribution in [2.45, 2.75) is 31.8 Å². The molecule has 1 aliphatic heterocycles. The van der Waals surface area contributed by atoms with Crippen LogP contribution in [0.15, 0.2) is 85.1 Å². The smallest absolute Gasteiger partial charge is 0.259 e. The summed E-state index contributed by atoms with van der Waals surface area (Å²) in [5.74, 6) is 3.26. The minimum absolute atomic E-state index is 0.0107. The lowest BCUT2D eigenvalue weighted by Gasteiger charge is -2.33. The van der Waals surface area contributed by atoms with Crippen molar-refractivity contribution in [3.8, 4) is 0 Å². The van der Waals surface area contributed by atoms with Gasteiger partial charge in [-0.2, -0.15) is 16.7 Å². The van der Waals surface area contributed by atoms with Crippen LogP contribution >= 0.6 is 11.8 Å². The predicted molar refractivity (Wildman–Crippen MR) is 142 cm³/mol. The molecule has 0 bridgehead atoms. The molecular weight excluding hydrogens is 440 g/mol. The van der Waals surface area contributed by atoms with Crippen LogP contribution in [0.5, 0.6) is 0 Å². The first kappa shape index (κ1) is 22.4. The van der Waals surface area contributed by atoms with Gasteiger partial charge >= 0.3 is 0 Å². The van der Waals surface area contributed by atoms with Crippen LogP contribution < -0.4 is 10.2 Å². The van der Waals surface area contributed by atoms with E-state index < -0.39 is 0 Å². The summed E-state index contributed by atoms with van der Waals surface area (Å²) in [6.45, 7) is 2.09. The summed E-state index contributed by atoms with van der Waals surface area (Å²) in [6.07, 6.45) is 3.65. The molecule has 5 rings (SSSR count). The van der Waals surface area contributed by atoms with Crippen molar-refractivity contribution in [3.63, 3.8) is 0 Å². The van der Waals surface area contributed by atoms with Crippen molar-refractivity contribution in [2.24, 2.45) is 0 Å². The molecule has 1 aromatic heterocycles. The van der Waals surface area contributed by atoms with Crippen LogP contribution in [0.3, 0.4) is 0 Å². The van der Waals surface area contributed by atoms with Crippen molar-refractivity contribution in [3.05, 3.63) is 96.2 Å². The van der Waals surface area contributed by atoms with Crippen molar-refractivity contribution in [2.75, 3.05) is 21.7 Å². The summed E-state index contributed by atoms with van der Waals surface area (Å²) in [5.41, 5.74) is 1.84. The molecule has 3 aromatic carbocycles. The molecule has 1 atom stereocenters. The lowest BCUT2D eigenvalue weighted by atomic mass is 10.0. The summed E-state index contributed by atoms with van der Waals surface area (Å²) in [4.78, 5) is 25.0. The quantitative estimate of drug-likeness (QED) is 0.358. The lowest BCUT2D eigenvalue weighted by Crippen LogP contribution is -2.43. The third-order valence-corrected chi connectivity index (χ3v) is 7.35. The summed E-state index contributed by atoms with van der Waals surface area (Å²) in [7, 11) is 0. The molecule has 1 aliphatic rings. The van der Waals surface area contributed by atoms with Gasteiger partial charge in [0.15, 0.2) is 0 Å². The number of amides is 1. The van der Waals surface area contributed by atoms with Gasteiger partial charge in [-0.15, -0.1) is 0 Å². The van der Waals surface area contributed by atoms with Gasteiger partial charge < -0.3 is 5.32 Å². The molecule has 4 aromatic rings. The highest BCUT2D eigenvalue weighted by Crippen LogP contribution is 2.29. The summed E-state index contributed by atoms with van der Waals surface area (Å²) in [6, 6.07) is 26.3. The predicted octanol–water partition coefficient (Wildman–Crippen LogP) is 6.35. The van der Waals surface area contributed by atoms with Crippen LogP contribution in [0.2, 0.25) is 0 Å². The Balaban J connectivity index is 1.47. The van der Waals surface area contributed by atoms with Crippen LogP contribution in [0, 0.1) is 0 Å². The topological polar surface area (TPSA) is 58.1 Å². The van der Waals surface area contributed by atoms with Crippen LogP contribution in [-0.2, 0) is 0 Å². The number of thioether (sulfide) groups is 1. The third-order valence-electron chi connectivity index (χ3n) is 6.30. The third kappa shape index (κ3) is 4.92. The fraction of sp³-hybridized carbons (Fsp3) is 0.250. The Labute approximate surface area is 204 Å². The Morgan fingerprint density at radius 1 is 0.971 bits per heavy atom. The monoisotopic (exact) mass is 468 g/mol. The van der Waals surface area contributed by atoms with E-state index in [4.69, 9.17) is 4.98 Å². The van der Waals surface area contributed by atoms with Gasteiger partial charge in [-0.25, -0.2) is 4.98 Å². The highest BCUT2D eigenvalue weighted by atomic mass is 32.2. The maximum Gasteiger partial charge on any atom is 0.259 e. The molecule has 172 valence electrons. The van der Waals surface area contributed by atoms with E-state index in [2.05, 4.69) is 35.4 Å². The molecule has 34 heavy (non-hydrogen) atoms. The van der Waals surface area contributed by atoms with Crippen molar-refractivity contribution >= 4 is 40.2 Å². The Kier molecular flexibility index (Phi) is 6.77. The number of hydrogen-bond acceptors (Lipinski definition) is 5. The van der Waals surface area contributed by atoms with Gasteiger partial charge in [0.2, 0.25) is 5.95 Å². The highest BCUT2D eigenvalue weighted by Gasteiger charge is 2.29. The highest BCUT2D eigenvalue weighted by molar-refractivity contribution is 7.99. The van der Waals surface area contributed by atoms with E-state index in [-0.39, 0.29) is 18.0 Å². The normalized spacial score (nSPS) is 15.1. The van der Waals surface area contributed by atoms with E-state index in [0.717, 1.165) is 40.7 Å². The number of nitrogens with zero attached hydrogens (tertiary/aromatic N) is 3. The first-order valence-corrected chi connectivity index (χ1v) is 12.9. The van der Waals surface area contributed by atoms with E-state index in [9.17, 15) is 4.79 Å². The molecule has 0 aliphatic carbocycles. The minimum atomic E-state index is -0.0107. The lowest BCUT2D eigenvalue weighted by molar-refractivity contribution is 0.0974. The number of benzene rings is 3. The van der Waals surface area contributed by atoms with Crippen LogP contribution in [0.25, 0.3) is 10.8 Å². The molecule has 1 saturated heterocycles. The van der Waals surface area contributed by atoms with Crippen molar-refractivity contribution in [1.82, 2.24) is 9.97 Å². The number of nitrogens with one attached hydrogen (secondary N) is 1. The Morgan fingerprint density at radius 2 is 1.71 bits per heavy atom. The van der Waals surface area contributed by atoms with Gasteiger partial charge in [0, 0.05) is 17.8 Å². The molecular formula is C28H28N4OS. The van der Waals surface area contributed by atoms with E-state index >= 15 is 0 Å².